The lowest BCUT2D eigenvalue weighted by molar-refractivity contribution is -0.140. The van der Waals surface area contributed by atoms with Crippen LogP contribution in [0.4, 0.5) is 0 Å². The van der Waals surface area contributed by atoms with E-state index >= 15 is 0 Å². The van der Waals surface area contributed by atoms with Crippen molar-refractivity contribution in [2.45, 2.75) is 19.4 Å². The fraction of sp³-hybridized carbons (Fsp3) is 0.545. The summed E-state index contributed by atoms with van der Waals surface area (Å²) in [5.74, 6) is 0.767. The van der Waals surface area contributed by atoms with Crippen LogP contribution in [0.15, 0.2) is 12.4 Å². The van der Waals surface area contributed by atoms with Gasteiger partial charge >= 0.3 is 5.97 Å². The quantitative estimate of drug-likeness (QED) is 0.696. The standard InChI is InChI=1S/C11H17N3O3S/c1-8(15)13-9(11(16)17)7-18-6-3-10-12-4-5-14(10)2/h4-5,9H,3,6-7H2,1-2H3,(H,13,15)(H,16,17)/t9-/m0/s1. The third-order valence-electron chi connectivity index (χ3n) is 2.35. The normalized spacial score (nSPS) is 12.1. The van der Waals surface area contributed by atoms with E-state index in [0.29, 0.717) is 5.75 Å². The van der Waals surface area contributed by atoms with Crippen molar-refractivity contribution in [1.82, 2.24) is 14.9 Å². The van der Waals surface area contributed by atoms with Crippen molar-refractivity contribution in [2.24, 2.45) is 7.05 Å². The van der Waals surface area contributed by atoms with Crippen molar-refractivity contribution in [3.05, 3.63) is 18.2 Å². The van der Waals surface area contributed by atoms with Crippen LogP contribution in [0, 0.1) is 0 Å². The largest absolute Gasteiger partial charge is 0.480 e. The maximum absolute atomic E-state index is 10.9. The van der Waals surface area contributed by atoms with Crippen molar-refractivity contribution in [3.63, 3.8) is 0 Å². The second-order valence-electron chi connectivity index (χ2n) is 3.87. The lowest BCUT2D eigenvalue weighted by atomic mass is 10.3. The number of hydrogen-bond donors (Lipinski definition) is 2. The van der Waals surface area contributed by atoms with E-state index in [9.17, 15) is 9.59 Å². The molecule has 0 saturated heterocycles. The zero-order valence-electron chi connectivity index (χ0n) is 10.4. The molecule has 2 N–H and O–H groups in total. The Bertz CT molecular complexity index is 419. The van der Waals surface area contributed by atoms with Crippen LogP contribution in [-0.2, 0) is 23.1 Å². The molecule has 1 atom stereocenters. The lowest BCUT2D eigenvalue weighted by Crippen LogP contribution is -2.41. The number of aryl methyl sites for hydroxylation is 2. The smallest absolute Gasteiger partial charge is 0.327 e. The molecule has 0 aliphatic rings. The van der Waals surface area contributed by atoms with Gasteiger partial charge in [-0.05, 0) is 0 Å². The van der Waals surface area contributed by atoms with Crippen LogP contribution in [0.3, 0.4) is 0 Å². The number of carboxylic acids is 1. The van der Waals surface area contributed by atoms with Gasteiger partial charge in [0.1, 0.15) is 11.9 Å². The highest BCUT2D eigenvalue weighted by Gasteiger charge is 2.17. The molecular weight excluding hydrogens is 254 g/mol. The highest BCUT2D eigenvalue weighted by atomic mass is 32.2. The van der Waals surface area contributed by atoms with E-state index in [2.05, 4.69) is 10.3 Å². The van der Waals surface area contributed by atoms with Crippen molar-refractivity contribution < 1.29 is 14.7 Å². The summed E-state index contributed by atoms with van der Waals surface area (Å²) in [6.45, 7) is 1.31. The van der Waals surface area contributed by atoms with E-state index in [1.807, 2.05) is 17.8 Å². The Balaban J connectivity index is 2.29. The van der Waals surface area contributed by atoms with Gasteiger partial charge < -0.3 is 15.0 Å². The van der Waals surface area contributed by atoms with Gasteiger partial charge in [0.2, 0.25) is 5.91 Å². The molecule has 100 valence electrons. The van der Waals surface area contributed by atoms with Crippen LogP contribution in [0.2, 0.25) is 0 Å². The molecule has 0 radical (unpaired) electrons. The van der Waals surface area contributed by atoms with Gasteiger partial charge in [-0.2, -0.15) is 11.8 Å². The Morgan fingerprint density at radius 1 is 1.61 bits per heavy atom. The van der Waals surface area contributed by atoms with Crippen LogP contribution >= 0.6 is 11.8 Å². The van der Waals surface area contributed by atoms with E-state index < -0.39 is 12.0 Å². The van der Waals surface area contributed by atoms with E-state index in [4.69, 9.17) is 5.11 Å². The average molecular weight is 271 g/mol. The number of amides is 1. The summed E-state index contributed by atoms with van der Waals surface area (Å²) in [5.41, 5.74) is 0. The lowest BCUT2D eigenvalue weighted by Gasteiger charge is -2.12. The Hall–Kier alpha value is -1.50. The molecule has 1 amide bonds. The van der Waals surface area contributed by atoms with E-state index in [1.165, 1.54) is 18.7 Å². The second-order valence-corrected chi connectivity index (χ2v) is 5.02. The molecule has 1 aromatic rings. The summed E-state index contributed by atoms with van der Waals surface area (Å²) in [6, 6.07) is -0.825. The van der Waals surface area contributed by atoms with Crippen LogP contribution in [0.25, 0.3) is 0 Å². The molecule has 0 aliphatic heterocycles. The van der Waals surface area contributed by atoms with Gasteiger partial charge in [-0.1, -0.05) is 0 Å². The predicted octanol–water partition coefficient (Wildman–Crippen LogP) is 0.285. The van der Waals surface area contributed by atoms with E-state index in [1.54, 1.807) is 6.20 Å². The highest BCUT2D eigenvalue weighted by Crippen LogP contribution is 2.07. The molecule has 0 fully saturated rings. The molecule has 1 rings (SSSR count). The summed E-state index contributed by atoms with van der Waals surface area (Å²) >= 11 is 1.49. The minimum absolute atomic E-state index is 0.327. The first-order valence-electron chi connectivity index (χ1n) is 5.54. The fourth-order valence-corrected chi connectivity index (χ4v) is 2.38. The number of aliphatic carboxylic acids is 1. The monoisotopic (exact) mass is 271 g/mol. The number of carbonyl (C=O) groups excluding carboxylic acids is 1. The summed E-state index contributed by atoms with van der Waals surface area (Å²) in [4.78, 5) is 25.9. The van der Waals surface area contributed by atoms with Crippen LogP contribution < -0.4 is 5.32 Å². The molecule has 7 heteroatoms. The predicted molar refractivity (Wildman–Crippen MR) is 69.5 cm³/mol. The minimum Gasteiger partial charge on any atom is -0.480 e. The molecule has 0 aromatic carbocycles. The SMILES string of the molecule is CC(=O)N[C@@H](CSCCc1nccn1C)C(=O)O. The molecular formula is C11H17N3O3S. The first-order valence-corrected chi connectivity index (χ1v) is 6.70. The number of imidazole rings is 1. The molecule has 0 bridgehead atoms. The van der Waals surface area contributed by atoms with Gasteiger partial charge in [-0.3, -0.25) is 4.79 Å². The second kappa shape index (κ2) is 7.05. The van der Waals surface area contributed by atoms with Gasteiger partial charge in [0, 0.05) is 44.3 Å². The number of hydrogen-bond acceptors (Lipinski definition) is 4. The van der Waals surface area contributed by atoms with Gasteiger partial charge in [-0.15, -0.1) is 0 Å². The highest BCUT2D eigenvalue weighted by molar-refractivity contribution is 7.99. The molecule has 1 aromatic heterocycles. The van der Waals surface area contributed by atoms with Gasteiger partial charge in [-0.25, -0.2) is 9.78 Å². The molecule has 0 spiro atoms. The zero-order valence-corrected chi connectivity index (χ0v) is 11.2. The molecule has 0 aliphatic carbocycles. The molecule has 18 heavy (non-hydrogen) atoms. The van der Waals surface area contributed by atoms with Gasteiger partial charge in [0.05, 0.1) is 0 Å². The number of aromatic nitrogens is 2. The van der Waals surface area contributed by atoms with Gasteiger partial charge in [0.15, 0.2) is 0 Å². The Morgan fingerprint density at radius 3 is 2.83 bits per heavy atom. The van der Waals surface area contributed by atoms with Crippen molar-refractivity contribution in [2.75, 3.05) is 11.5 Å². The summed E-state index contributed by atoms with van der Waals surface area (Å²) < 4.78 is 1.93. The number of carbonyl (C=O) groups is 2. The molecule has 0 saturated carbocycles. The topological polar surface area (TPSA) is 84.2 Å². The average Bonchev–Trinajstić information content (AvgIpc) is 2.68. The summed E-state index contributed by atoms with van der Waals surface area (Å²) in [6.07, 6.45) is 4.38. The van der Waals surface area contributed by atoms with Gasteiger partial charge in [0.25, 0.3) is 0 Å². The zero-order chi connectivity index (χ0) is 13.5. The van der Waals surface area contributed by atoms with Crippen molar-refractivity contribution in [3.8, 4) is 0 Å². The van der Waals surface area contributed by atoms with Crippen molar-refractivity contribution in [1.29, 1.82) is 0 Å². The van der Waals surface area contributed by atoms with Crippen LogP contribution in [0.5, 0.6) is 0 Å². The molecule has 0 unspecified atom stereocenters. The number of carboxylic acid groups (broad SMARTS) is 1. The molecule has 1 heterocycles. The van der Waals surface area contributed by atoms with Crippen molar-refractivity contribution >= 4 is 23.6 Å². The number of thioether (sulfide) groups is 1. The Kier molecular flexibility index (Phi) is 5.70. The number of nitrogens with one attached hydrogen (secondary N) is 1. The first-order chi connectivity index (χ1) is 8.50. The number of nitrogens with zero attached hydrogens (tertiary/aromatic N) is 2. The van der Waals surface area contributed by atoms with E-state index in [0.717, 1.165) is 18.0 Å². The third kappa shape index (κ3) is 4.79. The minimum atomic E-state index is -1.00. The maximum atomic E-state index is 10.9. The van der Waals surface area contributed by atoms with Crippen LogP contribution in [0.1, 0.15) is 12.7 Å². The van der Waals surface area contributed by atoms with E-state index in [-0.39, 0.29) is 5.91 Å². The number of rotatable bonds is 7. The Labute approximate surface area is 110 Å². The molecule has 6 nitrogen and oxygen atoms in total. The Morgan fingerprint density at radius 2 is 2.33 bits per heavy atom. The maximum Gasteiger partial charge on any atom is 0.327 e. The first kappa shape index (κ1) is 14.6. The summed E-state index contributed by atoms with van der Waals surface area (Å²) in [5, 5.41) is 11.3. The van der Waals surface area contributed by atoms with Crippen LogP contribution in [-0.4, -0.2) is 44.1 Å². The summed E-state index contributed by atoms with van der Waals surface area (Å²) in [7, 11) is 1.92. The third-order valence-corrected chi connectivity index (χ3v) is 3.41. The fourth-order valence-electron chi connectivity index (χ4n) is 1.42.